The molecule has 3 aromatic rings. The topological polar surface area (TPSA) is 67.0 Å². The van der Waals surface area contributed by atoms with Crippen LogP contribution < -0.4 is 10.1 Å². The Bertz CT molecular complexity index is 1040. The number of benzene rings is 2. The highest BCUT2D eigenvalue weighted by molar-refractivity contribution is 6.34. The first-order valence-electron chi connectivity index (χ1n) is 7.77. The summed E-state index contributed by atoms with van der Waals surface area (Å²) in [5.41, 5.74) is 1.96. The van der Waals surface area contributed by atoms with Gasteiger partial charge in [-0.2, -0.15) is 0 Å². The monoisotopic (exact) mass is 353 g/mol. The average molecular weight is 353 g/mol. The molecule has 2 aromatic carbocycles. The number of amides is 1. The van der Waals surface area contributed by atoms with Gasteiger partial charge in [-0.3, -0.25) is 4.79 Å². The predicted octanol–water partition coefficient (Wildman–Crippen LogP) is 3.86. The summed E-state index contributed by atoms with van der Waals surface area (Å²) in [6, 6.07) is 8.84. The fraction of sp³-hybridized carbons (Fsp3) is 0.0526. The van der Waals surface area contributed by atoms with Crippen LogP contribution in [0.2, 0.25) is 0 Å². The summed E-state index contributed by atoms with van der Waals surface area (Å²) in [5.74, 6) is -1.04. The number of hydrogen-bond acceptors (Lipinski definition) is 3. The molecule has 0 atom stereocenters. The van der Waals surface area contributed by atoms with Crippen molar-refractivity contribution in [1.82, 2.24) is 9.97 Å². The smallest absolute Gasteiger partial charge is 0.256 e. The van der Waals surface area contributed by atoms with E-state index in [0.29, 0.717) is 28.3 Å². The van der Waals surface area contributed by atoms with Gasteiger partial charge in [0.15, 0.2) is 0 Å². The molecule has 0 saturated heterocycles. The summed E-state index contributed by atoms with van der Waals surface area (Å²) < 4.78 is 33.0. The molecule has 26 heavy (non-hydrogen) atoms. The quantitative estimate of drug-likeness (QED) is 0.703. The molecule has 0 aliphatic carbocycles. The minimum absolute atomic E-state index is 0.0525. The maximum Gasteiger partial charge on any atom is 0.256 e. The van der Waals surface area contributed by atoms with Crippen LogP contribution in [0.3, 0.4) is 0 Å². The van der Waals surface area contributed by atoms with Crippen LogP contribution in [-0.4, -0.2) is 23.0 Å². The van der Waals surface area contributed by atoms with E-state index >= 15 is 0 Å². The Hall–Kier alpha value is -3.48. The molecule has 0 spiro atoms. The van der Waals surface area contributed by atoms with E-state index in [1.807, 2.05) is 0 Å². The lowest BCUT2D eigenvalue weighted by Gasteiger charge is -2.03. The number of hydrogen-bond donors (Lipinski definition) is 2. The first-order valence-corrected chi connectivity index (χ1v) is 7.77. The van der Waals surface area contributed by atoms with Gasteiger partial charge in [0.1, 0.15) is 23.2 Å². The number of nitrogens with zero attached hydrogens (tertiary/aromatic N) is 1. The number of nitrogens with one attached hydrogen (secondary N) is 2. The third-order valence-electron chi connectivity index (χ3n) is 4.10. The number of H-pyrrole nitrogens is 1. The number of halogens is 2. The van der Waals surface area contributed by atoms with Crippen molar-refractivity contribution in [2.45, 2.75) is 0 Å². The summed E-state index contributed by atoms with van der Waals surface area (Å²) >= 11 is 0. The van der Waals surface area contributed by atoms with Crippen molar-refractivity contribution >= 4 is 23.2 Å². The Morgan fingerprint density at radius 1 is 1.15 bits per heavy atom. The van der Waals surface area contributed by atoms with Crippen molar-refractivity contribution in [2.24, 2.45) is 0 Å². The first-order chi connectivity index (χ1) is 12.6. The molecule has 0 radical (unpaired) electrons. The van der Waals surface area contributed by atoms with Crippen LogP contribution in [0, 0.1) is 11.6 Å². The summed E-state index contributed by atoms with van der Waals surface area (Å²) in [6.07, 6.45) is 3.00. The molecule has 2 heterocycles. The molecule has 1 aromatic heterocycles. The minimum atomic E-state index is -0.716. The number of rotatable bonds is 3. The molecule has 1 aliphatic heterocycles. The van der Waals surface area contributed by atoms with Crippen LogP contribution in [0.5, 0.6) is 5.75 Å². The number of imidazole rings is 1. The van der Waals surface area contributed by atoms with Crippen LogP contribution in [0.1, 0.15) is 11.3 Å². The van der Waals surface area contributed by atoms with Gasteiger partial charge in [0.25, 0.3) is 5.91 Å². The molecule has 5 nitrogen and oxygen atoms in total. The van der Waals surface area contributed by atoms with Gasteiger partial charge >= 0.3 is 0 Å². The van der Waals surface area contributed by atoms with Crippen molar-refractivity contribution in [1.29, 1.82) is 0 Å². The van der Waals surface area contributed by atoms with Crippen molar-refractivity contribution in [3.8, 4) is 17.1 Å². The van der Waals surface area contributed by atoms with E-state index in [2.05, 4.69) is 15.3 Å². The number of carbonyl (C=O) groups is 1. The largest absolute Gasteiger partial charge is 0.497 e. The number of aromatic amines is 1. The van der Waals surface area contributed by atoms with Gasteiger partial charge in [-0.25, -0.2) is 13.8 Å². The number of fused-ring (bicyclic) bond motifs is 1. The summed E-state index contributed by atoms with van der Waals surface area (Å²) in [4.78, 5) is 19.1. The Morgan fingerprint density at radius 2 is 1.92 bits per heavy atom. The molecule has 7 heteroatoms. The number of aromatic nitrogens is 2. The summed E-state index contributed by atoms with van der Waals surface area (Å²) in [6.45, 7) is 0. The van der Waals surface area contributed by atoms with Crippen LogP contribution in [0.25, 0.3) is 23.0 Å². The molecule has 0 unspecified atom stereocenters. The molecule has 1 aliphatic rings. The second-order valence-electron chi connectivity index (χ2n) is 5.71. The Morgan fingerprint density at radius 3 is 2.65 bits per heavy atom. The highest BCUT2D eigenvalue weighted by Crippen LogP contribution is 2.35. The average Bonchev–Trinajstić information content (AvgIpc) is 3.20. The van der Waals surface area contributed by atoms with E-state index < -0.39 is 11.6 Å². The number of anilines is 1. The maximum atomic E-state index is 13.9. The van der Waals surface area contributed by atoms with Crippen molar-refractivity contribution in [3.63, 3.8) is 0 Å². The van der Waals surface area contributed by atoms with Crippen molar-refractivity contribution < 1.29 is 18.3 Å². The molecule has 0 fully saturated rings. The van der Waals surface area contributed by atoms with Gasteiger partial charge in [-0.15, -0.1) is 0 Å². The van der Waals surface area contributed by atoms with E-state index in [-0.39, 0.29) is 17.3 Å². The normalized spacial score (nSPS) is 14.4. The third kappa shape index (κ3) is 2.63. The van der Waals surface area contributed by atoms with Gasteiger partial charge in [-0.05, 0) is 36.4 Å². The van der Waals surface area contributed by atoms with Gasteiger partial charge < -0.3 is 15.0 Å². The van der Waals surface area contributed by atoms with E-state index in [0.717, 1.165) is 12.1 Å². The minimum Gasteiger partial charge on any atom is -0.497 e. The second-order valence-corrected chi connectivity index (χ2v) is 5.71. The zero-order valence-corrected chi connectivity index (χ0v) is 13.6. The van der Waals surface area contributed by atoms with Crippen molar-refractivity contribution in [3.05, 3.63) is 65.5 Å². The highest BCUT2D eigenvalue weighted by atomic mass is 19.1. The zero-order chi connectivity index (χ0) is 18.3. The third-order valence-corrected chi connectivity index (χ3v) is 4.10. The van der Waals surface area contributed by atoms with Gasteiger partial charge in [0.2, 0.25) is 0 Å². The lowest BCUT2D eigenvalue weighted by Crippen LogP contribution is -2.03. The van der Waals surface area contributed by atoms with Crippen LogP contribution in [-0.2, 0) is 4.79 Å². The SMILES string of the molecule is COc1ccc2c(c1)C(=Cc1cnc(-c3c(F)cccc3F)[nH]1)C(=O)N2. The van der Waals surface area contributed by atoms with E-state index in [9.17, 15) is 13.6 Å². The standard InChI is InChI=1S/C19H13F2N3O2/c1-26-11-5-6-16-12(8-11)13(19(25)24-16)7-10-9-22-18(23-10)17-14(20)3-2-4-15(17)21/h2-9H,1H3,(H,22,23)(H,24,25). The lowest BCUT2D eigenvalue weighted by molar-refractivity contribution is -0.110. The highest BCUT2D eigenvalue weighted by Gasteiger charge is 2.25. The number of methoxy groups -OCH3 is 1. The summed E-state index contributed by atoms with van der Waals surface area (Å²) in [7, 11) is 1.54. The molecule has 2 N–H and O–H groups in total. The maximum absolute atomic E-state index is 13.9. The van der Waals surface area contributed by atoms with E-state index in [1.165, 1.54) is 12.3 Å². The molecular formula is C19H13F2N3O2. The molecule has 130 valence electrons. The lowest BCUT2D eigenvalue weighted by atomic mass is 10.1. The second kappa shape index (κ2) is 6.11. The number of carbonyl (C=O) groups excluding carboxylic acids is 1. The van der Waals surface area contributed by atoms with Gasteiger partial charge in [0.05, 0.1) is 30.1 Å². The molecule has 1 amide bonds. The van der Waals surface area contributed by atoms with Crippen LogP contribution in [0.15, 0.2) is 42.6 Å². The van der Waals surface area contributed by atoms with Crippen molar-refractivity contribution in [2.75, 3.05) is 12.4 Å². The predicted molar refractivity (Wildman–Crippen MR) is 93.4 cm³/mol. The molecule has 4 rings (SSSR count). The fourth-order valence-corrected chi connectivity index (χ4v) is 2.85. The molecule has 0 saturated carbocycles. The van der Waals surface area contributed by atoms with Crippen LogP contribution >= 0.6 is 0 Å². The Labute approximate surface area is 147 Å². The fourth-order valence-electron chi connectivity index (χ4n) is 2.85. The zero-order valence-electron chi connectivity index (χ0n) is 13.6. The molecule has 0 bridgehead atoms. The van der Waals surface area contributed by atoms with Gasteiger partial charge in [0, 0.05) is 11.3 Å². The van der Waals surface area contributed by atoms with Gasteiger partial charge in [-0.1, -0.05) is 6.07 Å². The van der Waals surface area contributed by atoms with E-state index in [1.54, 1.807) is 31.4 Å². The van der Waals surface area contributed by atoms with Crippen LogP contribution in [0.4, 0.5) is 14.5 Å². The molecular weight excluding hydrogens is 340 g/mol. The first kappa shape index (κ1) is 16.0. The summed E-state index contributed by atoms with van der Waals surface area (Å²) in [5, 5.41) is 2.76. The van der Waals surface area contributed by atoms with E-state index in [4.69, 9.17) is 4.74 Å². The Kier molecular flexibility index (Phi) is 3.76. The Balaban J connectivity index is 1.75. The number of ether oxygens (including phenoxy) is 1.